The molecule has 9 heteroatoms. The average molecular weight is 378 g/mol. The van der Waals surface area contributed by atoms with E-state index in [2.05, 4.69) is 30.7 Å². The van der Waals surface area contributed by atoms with Crippen molar-refractivity contribution in [3.05, 3.63) is 11.6 Å². The Bertz CT molecular complexity index is 681. The van der Waals surface area contributed by atoms with E-state index >= 15 is 0 Å². The van der Waals surface area contributed by atoms with Crippen LogP contribution < -0.4 is 16.0 Å². The zero-order valence-corrected chi connectivity index (χ0v) is 16.4. The molecule has 1 aliphatic carbocycles. The summed E-state index contributed by atoms with van der Waals surface area (Å²) in [6.07, 6.45) is 5.27. The minimum absolute atomic E-state index is 0.115. The van der Waals surface area contributed by atoms with Crippen molar-refractivity contribution in [2.45, 2.75) is 90.1 Å². The van der Waals surface area contributed by atoms with Crippen molar-refractivity contribution in [2.75, 3.05) is 0 Å². The summed E-state index contributed by atoms with van der Waals surface area (Å²) in [5, 5.41) is 17.0. The van der Waals surface area contributed by atoms with Crippen LogP contribution in [0.15, 0.2) is 0 Å². The third-order valence-electron chi connectivity index (χ3n) is 4.88. The highest BCUT2D eigenvalue weighted by Crippen LogP contribution is 2.19. The SMILES string of the molecule is CC(C)(C)OC(=O)N[C@@H]1CCCC[C@H]1NC(=O)NCc1nnc2n1CCC2. The van der Waals surface area contributed by atoms with E-state index in [1.165, 1.54) is 0 Å². The molecule has 3 N–H and O–H groups in total. The molecule has 0 spiro atoms. The number of nitrogens with one attached hydrogen (secondary N) is 3. The number of hydrogen-bond donors (Lipinski definition) is 3. The lowest BCUT2D eigenvalue weighted by atomic mass is 9.90. The maximum absolute atomic E-state index is 12.3. The first-order valence-corrected chi connectivity index (χ1v) is 9.76. The normalized spacial score (nSPS) is 22.0. The number of nitrogens with zero attached hydrogens (tertiary/aromatic N) is 3. The summed E-state index contributed by atoms with van der Waals surface area (Å²) in [7, 11) is 0. The number of carbonyl (C=O) groups excluding carboxylic acids is 2. The molecule has 0 aromatic carbocycles. The second kappa shape index (κ2) is 8.14. The van der Waals surface area contributed by atoms with Gasteiger partial charge in [0.05, 0.1) is 18.6 Å². The molecule has 150 valence electrons. The lowest BCUT2D eigenvalue weighted by Gasteiger charge is -2.33. The fourth-order valence-electron chi connectivity index (χ4n) is 3.66. The first-order chi connectivity index (χ1) is 12.8. The van der Waals surface area contributed by atoms with Gasteiger partial charge in [-0.1, -0.05) is 12.8 Å². The van der Waals surface area contributed by atoms with Gasteiger partial charge in [0, 0.05) is 13.0 Å². The topological polar surface area (TPSA) is 110 Å². The number of rotatable bonds is 4. The van der Waals surface area contributed by atoms with Crippen molar-refractivity contribution in [1.29, 1.82) is 0 Å². The fraction of sp³-hybridized carbons (Fsp3) is 0.778. The average Bonchev–Trinajstić information content (AvgIpc) is 3.17. The van der Waals surface area contributed by atoms with Gasteiger partial charge in [0.15, 0.2) is 5.82 Å². The molecule has 2 aliphatic rings. The van der Waals surface area contributed by atoms with Gasteiger partial charge in [0.2, 0.25) is 0 Å². The Morgan fingerprint density at radius 3 is 2.52 bits per heavy atom. The molecule has 2 heterocycles. The molecule has 1 fully saturated rings. The van der Waals surface area contributed by atoms with Gasteiger partial charge in [-0.15, -0.1) is 10.2 Å². The monoisotopic (exact) mass is 378 g/mol. The van der Waals surface area contributed by atoms with Crippen molar-refractivity contribution in [2.24, 2.45) is 0 Å². The van der Waals surface area contributed by atoms with Crippen molar-refractivity contribution in [3.63, 3.8) is 0 Å². The number of alkyl carbamates (subject to hydrolysis) is 1. The Labute approximate surface area is 159 Å². The Balaban J connectivity index is 1.49. The number of aryl methyl sites for hydroxylation is 1. The van der Waals surface area contributed by atoms with Gasteiger partial charge in [-0.2, -0.15) is 0 Å². The molecule has 9 nitrogen and oxygen atoms in total. The van der Waals surface area contributed by atoms with Crippen LogP contribution in [0.3, 0.4) is 0 Å². The van der Waals surface area contributed by atoms with Gasteiger partial charge in [-0.25, -0.2) is 9.59 Å². The van der Waals surface area contributed by atoms with Crippen molar-refractivity contribution in [3.8, 4) is 0 Å². The summed E-state index contributed by atoms with van der Waals surface area (Å²) >= 11 is 0. The molecule has 1 aromatic heterocycles. The van der Waals surface area contributed by atoms with Gasteiger partial charge >= 0.3 is 12.1 Å². The Hall–Kier alpha value is -2.32. The number of hydrogen-bond acceptors (Lipinski definition) is 5. The Morgan fingerprint density at radius 2 is 1.81 bits per heavy atom. The third-order valence-corrected chi connectivity index (χ3v) is 4.88. The number of fused-ring (bicyclic) bond motifs is 1. The lowest BCUT2D eigenvalue weighted by Crippen LogP contribution is -2.55. The Kier molecular flexibility index (Phi) is 5.86. The van der Waals surface area contributed by atoms with Crippen LogP contribution in [-0.4, -0.2) is 44.6 Å². The minimum Gasteiger partial charge on any atom is -0.444 e. The highest BCUT2D eigenvalue weighted by molar-refractivity contribution is 5.74. The van der Waals surface area contributed by atoms with Crippen LogP contribution in [0.1, 0.15) is 64.5 Å². The number of amides is 3. The molecule has 0 bridgehead atoms. The van der Waals surface area contributed by atoms with E-state index in [1.54, 1.807) is 0 Å². The minimum atomic E-state index is -0.544. The molecule has 0 radical (unpaired) electrons. The van der Waals surface area contributed by atoms with Crippen molar-refractivity contribution >= 4 is 12.1 Å². The first-order valence-electron chi connectivity index (χ1n) is 9.76. The van der Waals surface area contributed by atoms with Crippen LogP contribution in [0.25, 0.3) is 0 Å². The summed E-state index contributed by atoms with van der Waals surface area (Å²) < 4.78 is 7.40. The smallest absolute Gasteiger partial charge is 0.407 e. The van der Waals surface area contributed by atoms with E-state index in [-0.39, 0.29) is 18.1 Å². The fourth-order valence-corrected chi connectivity index (χ4v) is 3.66. The molecule has 3 rings (SSSR count). The molecular formula is C18H30N6O3. The van der Waals surface area contributed by atoms with Gasteiger partial charge in [-0.05, 0) is 40.0 Å². The van der Waals surface area contributed by atoms with Gasteiger partial charge in [0.25, 0.3) is 0 Å². The summed E-state index contributed by atoms with van der Waals surface area (Å²) in [5.41, 5.74) is -0.544. The quantitative estimate of drug-likeness (QED) is 0.741. The van der Waals surface area contributed by atoms with E-state index in [0.29, 0.717) is 6.54 Å². The predicted octanol–water partition coefficient (Wildman–Crippen LogP) is 1.86. The second-order valence-electron chi connectivity index (χ2n) is 8.26. The van der Waals surface area contributed by atoms with E-state index in [9.17, 15) is 9.59 Å². The summed E-state index contributed by atoms with van der Waals surface area (Å²) in [6, 6.07) is -0.500. The highest BCUT2D eigenvalue weighted by atomic mass is 16.6. The Morgan fingerprint density at radius 1 is 1.11 bits per heavy atom. The van der Waals surface area contributed by atoms with E-state index in [4.69, 9.17) is 4.74 Å². The largest absolute Gasteiger partial charge is 0.444 e. The molecule has 1 aromatic rings. The standard InChI is InChI=1S/C18H30N6O3/c1-18(2,3)27-17(26)21-13-8-5-4-7-12(13)20-16(25)19-11-15-23-22-14-9-6-10-24(14)15/h12-13H,4-11H2,1-3H3,(H,21,26)(H2,19,20,25)/t12-,13-/m1/s1. The molecule has 27 heavy (non-hydrogen) atoms. The van der Waals surface area contributed by atoms with Crippen LogP contribution in [0.4, 0.5) is 9.59 Å². The summed E-state index contributed by atoms with van der Waals surface area (Å²) in [4.78, 5) is 24.4. The van der Waals surface area contributed by atoms with Gasteiger partial charge in [0.1, 0.15) is 11.4 Å². The summed E-state index contributed by atoms with van der Waals surface area (Å²) in [5.74, 6) is 1.77. The van der Waals surface area contributed by atoms with E-state index in [0.717, 1.165) is 56.7 Å². The van der Waals surface area contributed by atoms with Crippen LogP contribution in [-0.2, 0) is 24.2 Å². The molecule has 0 saturated heterocycles. The predicted molar refractivity (Wildman–Crippen MR) is 99.1 cm³/mol. The molecule has 2 atom stereocenters. The van der Waals surface area contributed by atoms with Crippen LogP contribution in [0.5, 0.6) is 0 Å². The zero-order valence-electron chi connectivity index (χ0n) is 16.4. The van der Waals surface area contributed by atoms with Crippen LogP contribution >= 0.6 is 0 Å². The molecule has 0 unspecified atom stereocenters. The maximum atomic E-state index is 12.3. The van der Waals surface area contributed by atoms with E-state index in [1.807, 2.05) is 20.8 Å². The number of carbonyl (C=O) groups is 2. The molecular weight excluding hydrogens is 348 g/mol. The van der Waals surface area contributed by atoms with Gasteiger partial charge in [-0.3, -0.25) is 0 Å². The number of urea groups is 1. The van der Waals surface area contributed by atoms with Gasteiger partial charge < -0.3 is 25.3 Å². The van der Waals surface area contributed by atoms with Crippen LogP contribution in [0, 0.1) is 0 Å². The first kappa shape index (κ1) is 19.4. The summed E-state index contributed by atoms with van der Waals surface area (Å²) in [6.45, 7) is 6.74. The number of ether oxygens (including phenoxy) is 1. The molecule has 1 saturated carbocycles. The van der Waals surface area contributed by atoms with Crippen molar-refractivity contribution < 1.29 is 14.3 Å². The highest BCUT2D eigenvalue weighted by Gasteiger charge is 2.29. The second-order valence-corrected chi connectivity index (χ2v) is 8.26. The lowest BCUT2D eigenvalue weighted by molar-refractivity contribution is 0.0480. The number of aromatic nitrogens is 3. The third kappa shape index (κ3) is 5.33. The van der Waals surface area contributed by atoms with Crippen LogP contribution in [0.2, 0.25) is 0 Å². The maximum Gasteiger partial charge on any atom is 0.407 e. The van der Waals surface area contributed by atoms with E-state index < -0.39 is 11.7 Å². The molecule has 1 aliphatic heterocycles. The zero-order chi connectivity index (χ0) is 19.4. The van der Waals surface area contributed by atoms with Crippen molar-refractivity contribution in [1.82, 2.24) is 30.7 Å². The molecule has 3 amide bonds.